The summed E-state index contributed by atoms with van der Waals surface area (Å²) in [6, 6.07) is 5.27. The topological polar surface area (TPSA) is 67.0 Å². The maximum atomic E-state index is 12.0. The molecule has 0 spiro atoms. The molecular formula is C13H14ClN3O2. The fraction of sp³-hybridized carbons (Fsp3) is 0.385. The second-order valence-electron chi connectivity index (χ2n) is 4.60. The van der Waals surface area contributed by atoms with E-state index in [0.717, 1.165) is 30.5 Å². The first-order valence-electron chi connectivity index (χ1n) is 6.27. The van der Waals surface area contributed by atoms with Gasteiger partial charge >= 0.3 is 0 Å². The number of aromatic nitrogens is 2. The first-order valence-corrected chi connectivity index (χ1v) is 6.65. The molecule has 0 saturated carbocycles. The summed E-state index contributed by atoms with van der Waals surface area (Å²) in [5.41, 5.74) is 2.10. The number of H-pyrrole nitrogens is 1. The van der Waals surface area contributed by atoms with E-state index in [1.54, 1.807) is 18.2 Å². The third-order valence-electron chi connectivity index (χ3n) is 3.23. The fourth-order valence-corrected chi connectivity index (χ4v) is 2.43. The Morgan fingerprint density at radius 1 is 1.58 bits per heavy atom. The molecule has 1 aliphatic heterocycles. The molecular weight excluding hydrogens is 266 g/mol. The number of halogens is 1. The average Bonchev–Trinajstić information content (AvgIpc) is 3.02. The molecule has 0 radical (unpaired) electrons. The first-order chi connectivity index (χ1) is 9.22. The lowest BCUT2D eigenvalue weighted by Gasteiger charge is -2.10. The van der Waals surface area contributed by atoms with Gasteiger partial charge in [-0.3, -0.25) is 4.79 Å². The Hall–Kier alpha value is -1.59. The highest BCUT2D eigenvalue weighted by atomic mass is 35.5. The summed E-state index contributed by atoms with van der Waals surface area (Å²) >= 11 is 5.78. The Kier molecular flexibility index (Phi) is 3.40. The highest BCUT2D eigenvalue weighted by Gasteiger charge is 2.16. The summed E-state index contributed by atoms with van der Waals surface area (Å²) in [4.78, 5) is 19.0. The van der Waals surface area contributed by atoms with Crippen molar-refractivity contribution in [3.8, 4) is 0 Å². The van der Waals surface area contributed by atoms with Gasteiger partial charge < -0.3 is 15.0 Å². The molecule has 1 atom stereocenters. The molecule has 6 heteroatoms. The first kappa shape index (κ1) is 12.4. The number of imidazole rings is 1. The number of carbonyl (C=O) groups is 1. The number of nitrogens with one attached hydrogen (secondary N) is 2. The van der Waals surface area contributed by atoms with Crippen LogP contribution in [0.5, 0.6) is 0 Å². The highest BCUT2D eigenvalue weighted by molar-refractivity contribution is 6.29. The summed E-state index contributed by atoms with van der Waals surface area (Å²) < 4.78 is 5.46. The quantitative estimate of drug-likeness (QED) is 0.904. The van der Waals surface area contributed by atoms with E-state index in [2.05, 4.69) is 15.3 Å². The van der Waals surface area contributed by atoms with Crippen molar-refractivity contribution in [3.63, 3.8) is 0 Å². The Labute approximate surface area is 115 Å². The monoisotopic (exact) mass is 279 g/mol. The zero-order valence-electron chi connectivity index (χ0n) is 10.3. The van der Waals surface area contributed by atoms with Gasteiger partial charge in [-0.15, -0.1) is 0 Å². The van der Waals surface area contributed by atoms with E-state index in [1.807, 2.05) is 0 Å². The number of carbonyl (C=O) groups excluding carboxylic acids is 1. The maximum absolute atomic E-state index is 12.0. The standard InChI is InChI=1S/C13H14ClN3O2/c14-13-16-10-4-3-8(6-11(10)17-13)12(18)15-7-9-2-1-5-19-9/h3-4,6,9H,1-2,5,7H2,(H,15,18)(H,16,17)/t9-/m1/s1. The van der Waals surface area contributed by atoms with E-state index in [1.165, 1.54) is 0 Å². The third-order valence-corrected chi connectivity index (χ3v) is 3.41. The second kappa shape index (κ2) is 5.19. The van der Waals surface area contributed by atoms with E-state index < -0.39 is 0 Å². The van der Waals surface area contributed by atoms with Crippen molar-refractivity contribution < 1.29 is 9.53 Å². The molecule has 1 aliphatic rings. The number of hydrogen-bond acceptors (Lipinski definition) is 3. The number of hydrogen-bond donors (Lipinski definition) is 2. The predicted molar refractivity (Wildman–Crippen MR) is 72.4 cm³/mol. The van der Waals surface area contributed by atoms with Crippen LogP contribution in [-0.2, 0) is 4.74 Å². The van der Waals surface area contributed by atoms with Crippen LogP contribution in [-0.4, -0.2) is 35.1 Å². The van der Waals surface area contributed by atoms with Crippen molar-refractivity contribution in [1.29, 1.82) is 0 Å². The zero-order chi connectivity index (χ0) is 13.2. The van der Waals surface area contributed by atoms with Crippen LogP contribution >= 0.6 is 11.6 Å². The van der Waals surface area contributed by atoms with Gasteiger partial charge in [0.2, 0.25) is 5.28 Å². The van der Waals surface area contributed by atoms with Gasteiger partial charge in [0.1, 0.15) is 0 Å². The minimum atomic E-state index is -0.108. The van der Waals surface area contributed by atoms with E-state index in [4.69, 9.17) is 16.3 Å². The molecule has 0 aliphatic carbocycles. The molecule has 19 heavy (non-hydrogen) atoms. The SMILES string of the molecule is O=C(NC[C@H]1CCCO1)c1ccc2nc(Cl)[nH]c2c1. The van der Waals surface area contributed by atoms with Crippen LogP contribution in [0.15, 0.2) is 18.2 Å². The van der Waals surface area contributed by atoms with E-state index in [0.29, 0.717) is 17.4 Å². The van der Waals surface area contributed by atoms with Crippen molar-refractivity contribution in [2.24, 2.45) is 0 Å². The molecule has 5 nitrogen and oxygen atoms in total. The summed E-state index contributed by atoms with van der Waals surface area (Å²) in [5.74, 6) is -0.108. The Bertz CT molecular complexity index is 605. The molecule has 1 saturated heterocycles. The smallest absolute Gasteiger partial charge is 0.251 e. The lowest BCUT2D eigenvalue weighted by Crippen LogP contribution is -2.31. The predicted octanol–water partition coefficient (Wildman–Crippen LogP) is 2.13. The Morgan fingerprint density at radius 3 is 3.26 bits per heavy atom. The number of nitrogens with zero attached hydrogens (tertiary/aromatic N) is 1. The van der Waals surface area contributed by atoms with Crippen molar-refractivity contribution >= 4 is 28.5 Å². The molecule has 0 unspecified atom stereocenters. The van der Waals surface area contributed by atoms with Gasteiger partial charge in [0.25, 0.3) is 5.91 Å². The molecule has 2 aromatic rings. The second-order valence-corrected chi connectivity index (χ2v) is 4.96. The number of aromatic amines is 1. The molecule has 3 rings (SSSR count). The van der Waals surface area contributed by atoms with Gasteiger partial charge in [0.05, 0.1) is 17.1 Å². The van der Waals surface area contributed by atoms with Gasteiger partial charge in [-0.25, -0.2) is 4.98 Å². The molecule has 1 fully saturated rings. The maximum Gasteiger partial charge on any atom is 0.251 e. The summed E-state index contributed by atoms with van der Waals surface area (Å²) in [6.07, 6.45) is 2.23. The van der Waals surface area contributed by atoms with Crippen LogP contribution in [0.4, 0.5) is 0 Å². The minimum Gasteiger partial charge on any atom is -0.376 e. The lowest BCUT2D eigenvalue weighted by molar-refractivity contribution is 0.0858. The van der Waals surface area contributed by atoms with Gasteiger partial charge in [-0.2, -0.15) is 0 Å². The van der Waals surface area contributed by atoms with Crippen molar-refractivity contribution in [2.45, 2.75) is 18.9 Å². The zero-order valence-corrected chi connectivity index (χ0v) is 11.0. The summed E-state index contributed by atoms with van der Waals surface area (Å²) in [6.45, 7) is 1.35. The van der Waals surface area contributed by atoms with Crippen LogP contribution in [0.3, 0.4) is 0 Å². The van der Waals surface area contributed by atoms with Crippen LogP contribution in [0, 0.1) is 0 Å². The van der Waals surface area contributed by atoms with Gasteiger partial charge in [0, 0.05) is 18.7 Å². The van der Waals surface area contributed by atoms with Crippen LogP contribution in [0.2, 0.25) is 5.28 Å². The van der Waals surface area contributed by atoms with Crippen molar-refractivity contribution in [1.82, 2.24) is 15.3 Å². The molecule has 100 valence electrons. The Balaban J connectivity index is 1.69. The number of amides is 1. The largest absolute Gasteiger partial charge is 0.376 e. The Morgan fingerprint density at radius 2 is 2.47 bits per heavy atom. The normalized spacial score (nSPS) is 18.9. The van der Waals surface area contributed by atoms with Crippen molar-refractivity contribution in [2.75, 3.05) is 13.2 Å². The summed E-state index contributed by atoms with van der Waals surface area (Å²) in [5, 5.41) is 3.21. The van der Waals surface area contributed by atoms with Gasteiger partial charge in [0.15, 0.2) is 0 Å². The molecule has 1 aromatic heterocycles. The van der Waals surface area contributed by atoms with Crippen LogP contribution in [0.25, 0.3) is 11.0 Å². The fourth-order valence-electron chi connectivity index (χ4n) is 2.23. The number of rotatable bonds is 3. The molecule has 2 N–H and O–H groups in total. The average molecular weight is 280 g/mol. The van der Waals surface area contributed by atoms with E-state index in [9.17, 15) is 4.79 Å². The number of fused-ring (bicyclic) bond motifs is 1. The van der Waals surface area contributed by atoms with Crippen LogP contribution < -0.4 is 5.32 Å². The third kappa shape index (κ3) is 2.72. The van der Waals surface area contributed by atoms with Crippen molar-refractivity contribution in [3.05, 3.63) is 29.0 Å². The van der Waals surface area contributed by atoms with E-state index >= 15 is 0 Å². The van der Waals surface area contributed by atoms with Gasteiger partial charge in [-0.1, -0.05) is 0 Å². The lowest BCUT2D eigenvalue weighted by atomic mass is 10.2. The molecule has 0 bridgehead atoms. The minimum absolute atomic E-state index is 0.108. The molecule has 1 aromatic carbocycles. The molecule has 1 amide bonds. The number of benzene rings is 1. The van der Waals surface area contributed by atoms with Crippen LogP contribution in [0.1, 0.15) is 23.2 Å². The van der Waals surface area contributed by atoms with Gasteiger partial charge in [-0.05, 0) is 42.6 Å². The summed E-state index contributed by atoms with van der Waals surface area (Å²) in [7, 11) is 0. The highest BCUT2D eigenvalue weighted by Crippen LogP contribution is 2.16. The molecule has 2 heterocycles. The number of ether oxygens (including phenoxy) is 1. The van der Waals surface area contributed by atoms with E-state index in [-0.39, 0.29) is 12.0 Å².